The number of ether oxygens (including phenoxy) is 2. The van der Waals surface area contributed by atoms with Crippen LogP contribution in [0.5, 0.6) is 0 Å². The molecule has 0 saturated carbocycles. The number of aliphatic hydroxyl groups is 1. The fourth-order valence-electron chi connectivity index (χ4n) is 1.60. The van der Waals surface area contributed by atoms with Crippen LogP contribution in [0.2, 0.25) is 0 Å². The third kappa shape index (κ3) is 4.65. The van der Waals surface area contributed by atoms with Gasteiger partial charge in [-0.15, -0.1) is 12.3 Å². The van der Waals surface area contributed by atoms with E-state index in [1.807, 2.05) is 6.92 Å². The highest BCUT2D eigenvalue weighted by atomic mass is 16.6. The second-order valence-electron chi connectivity index (χ2n) is 4.09. The van der Waals surface area contributed by atoms with Gasteiger partial charge in [0.05, 0.1) is 12.7 Å². The minimum atomic E-state index is -0.718. The molecule has 3 heteroatoms. The van der Waals surface area contributed by atoms with E-state index in [4.69, 9.17) is 15.9 Å². The normalized spacial score (nSPS) is 25.5. The van der Waals surface area contributed by atoms with Crippen LogP contribution < -0.4 is 0 Å². The molecule has 1 rings (SSSR count). The van der Waals surface area contributed by atoms with Gasteiger partial charge in [-0.3, -0.25) is 0 Å². The Kier molecular flexibility index (Phi) is 5.70. The molecule has 0 radical (unpaired) electrons. The fraction of sp³-hybridized carbons (Fsp3) is 0.833. The third-order valence-corrected chi connectivity index (χ3v) is 2.68. The van der Waals surface area contributed by atoms with Crippen molar-refractivity contribution < 1.29 is 14.6 Å². The van der Waals surface area contributed by atoms with Gasteiger partial charge in [0, 0.05) is 18.9 Å². The second-order valence-corrected chi connectivity index (χ2v) is 4.09. The number of hydrogen-bond donors (Lipinski definition) is 1. The highest BCUT2D eigenvalue weighted by molar-refractivity contribution is 4.84. The molecule has 0 aromatic heterocycles. The van der Waals surface area contributed by atoms with Gasteiger partial charge >= 0.3 is 0 Å². The maximum absolute atomic E-state index is 9.75. The van der Waals surface area contributed by atoms with E-state index >= 15 is 0 Å². The smallest absolute Gasteiger partial charge is 0.157 e. The maximum Gasteiger partial charge on any atom is 0.157 e. The molecule has 1 N–H and O–H groups in total. The molecule has 2 unspecified atom stereocenters. The predicted molar refractivity (Wildman–Crippen MR) is 58.2 cm³/mol. The summed E-state index contributed by atoms with van der Waals surface area (Å²) in [6.45, 7) is 3.35. The molecule has 3 atom stereocenters. The maximum atomic E-state index is 9.75. The molecule has 1 heterocycles. The summed E-state index contributed by atoms with van der Waals surface area (Å²) in [5, 5.41) is 9.75. The summed E-state index contributed by atoms with van der Waals surface area (Å²) in [6, 6.07) is 0. The second kappa shape index (κ2) is 6.84. The first-order valence-corrected chi connectivity index (χ1v) is 5.58. The van der Waals surface area contributed by atoms with E-state index in [0.717, 1.165) is 25.9 Å². The van der Waals surface area contributed by atoms with Crippen LogP contribution >= 0.6 is 0 Å². The number of rotatable bonds is 5. The molecule has 3 nitrogen and oxygen atoms in total. The van der Waals surface area contributed by atoms with E-state index in [0.29, 0.717) is 13.0 Å². The summed E-state index contributed by atoms with van der Waals surface area (Å²) in [5.41, 5.74) is 0. The van der Waals surface area contributed by atoms with Gasteiger partial charge in [-0.05, 0) is 19.3 Å². The summed E-state index contributed by atoms with van der Waals surface area (Å²) < 4.78 is 10.8. The number of terminal acetylenes is 1. The van der Waals surface area contributed by atoms with Crippen LogP contribution in [0.3, 0.4) is 0 Å². The monoisotopic (exact) mass is 212 g/mol. The van der Waals surface area contributed by atoms with E-state index < -0.39 is 6.29 Å². The topological polar surface area (TPSA) is 38.7 Å². The van der Waals surface area contributed by atoms with Gasteiger partial charge in [0.2, 0.25) is 0 Å². The summed E-state index contributed by atoms with van der Waals surface area (Å²) in [4.78, 5) is 0. The first-order valence-electron chi connectivity index (χ1n) is 5.58. The van der Waals surface area contributed by atoms with Crippen LogP contribution in [-0.2, 0) is 9.47 Å². The van der Waals surface area contributed by atoms with Crippen molar-refractivity contribution in [2.75, 3.05) is 13.2 Å². The molecule has 1 saturated heterocycles. The molecule has 1 aliphatic heterocycles. The Morgan fingerprint density at radius 2 is 2.47 bits per heavy atom. The van der Waals surface area contributed by atoms with E-state index in [1.165, 1.54) is 0 Å². The average Bonchev–Trinajstić information content (AvgIpc) is 2.27. The van der Waals surface area contributed by atoms with Crippen LogP contribution in [-0.4, -0.2) is 30.7 Å². The van der Waals surface area contributed by atoms with Crippen LogP contribution in [0, 0.1) is 18.3 Å². The van der Waals surface area contributed by atoms with Gasteiger partial charge in [0.1, 0.15) is 0 Å². The Labute approximate surface area is 91.8 Å². The molecule has 0 aromatic rings. The zero-order valence-corrected chi connectivity index (χ0v) is 9.32. The minimum Gasteiger partial charge on any atom is -0.379 e. The van der Waals surface area contributed by atoms with E-state index in [2.05, 4.69) is 5.92 Å². The predicted octanol–water partition coefficient (Wildman–Crippen LogP) is 1.55. The van der Waals surface area contributed by atoms with Crippen molar-refractivity contribution in [2.24, 2.45) is 5.92 Å². The highest BCUT2D eigenvalue weighted by Crippen LogP contribution is 2.17. The summed E-state index contributed by atoms with van der Waals surface area (Å²) in [6.07, 6.45) is 7.96. The quantitative estimate of drug-likeness (QED) is 0.555. The van der Waals surface area contributed by atoms with Crippen molar-refractivity contribution in [3.05, 3.63) is 0 Å². The van der Waals surface area contributed by atoms with Crippen molar-refractivity contribution in [2.45, 2.75) is 45.0 Å². The van der Waals surface area contributed by atoms with E-state index in [1.54, 1.807) is 0 Å². The zero-order chi connectivity index (χ0) is 11.1. The molecule has 86 valence electrons. The number of hydrogen-bond acceptors (Lipinski definition) is 3. The molecule has 0 amide bonds. The zero-order valence-electron chi connectivity index (χ0n) is 9.32. The standard InChI is InChI=1S/C12H20O3/c1-3-4-6-10(2)12(13)15-11-7-5-8-14-9-11/h1,10-13H,4-9H2,2H3/t10-,11?,12?/m0/s1. The van der Waals surface area contributed by atoms with Gasteiger partial charge in [-0.1, -0.05) is 6.92 Å². The van der Waals surface area contributed by atoms with Crippen molar-refractivity contribution in [3.63, 3.8) is 0 Å². The Morgan fingerprint density at radius 1 is 1.67 bits per heavy atom. The average molecular weight is 212 g/mol. The van der Waals surface area contributed by atoms with Gasteiger partial charge in [0.25, 0.3) is 0 Å². The van der Waals surface area contributed by atoms with Gasteiger partial charge in [-0.25, -0.2) is 0 Å². The Morgan fingerprint density at radius 3 is 3.07 bits per heavy atom. The van der Waals surface area contributed by atoms with Crippen LogP contribution in [0.4, 0.5) is 0 Å². The van der Waals surface area contributed by atoms with E-state index in [-0.39, 0.29) is 12.0 Å². The largest absolute Gasteiger partial charge is 0.379 e. The molecule has 1 aliphatic rings. The SMILES string of the molecule is C#CCC[C@H](C)C(O)OC1CCCOC1. The Balaban J connectivity index is 2.21. The third-order valence-electron chi connectivity index (χ3n) is 2.68. The Bertz CT molecular complexity index is 203. The lowest BCUT2D eigenvalue weighted by Gasteiger charge is -2.27. The lowest BCUT2D eigenvalue weighted by Crippen LogP contribution is -2.33. The highest BCUT2D eigenvalue weighted by Gasteiger charge is 2.21. The summed E-state index contributed by atoms with van der Waals surface area (Å²) in [5.74, 6) is 2.65. The van der Waals surface area contributed by atoms with Crippen LogP contribution in [0.1, 0.15) is 32.6 Å². The van der Waals surface area contributed by atoms with Gasteiger partial charge < -0.3 is 14.6 Å². The van der Waals surface area contributed by atoms with Crippen molar-refractivity contribution in [3.8, 4) is 12.3 Å². The lowest BCUT2D eigenvalue weighted by molar-refractivity contribution is -0.186. The van der Waals surface area contributed by atoms with Gasteiger partial charge in [-0.2, -0.15) is 0 Å². The molecule has 15 heavy (non-hydrogen) atoms. The fourth-order valence-corrected chi connectivity index (χ4v) is 1.60. The van der Waals surface area contributed by atoms with Crippen LogP contribution in [0.25, 0.3) is 0 Å². The van der Waals surface area contributed by atoms with Crippen molar-refractivity contribution in [1.29, 1.82) is 0 Å². The Hall–Kier alpha value is -0.560. The number of aliphatic hydroxyl groups excluding tert-OH is 1. The summed E-state index contributed by atoms with van der Waals surface area (Å²) >= 11 is 0. The van der Waals surface area contributed by atoms with Crippen molar-refractivity contribution in [1.82, 2.24) is 0 Å². The first kappa shape index (κ1) is 12.5. The van der Waals surface area contributed by atoms with Crippen LogP contribution in [0.15, 0.2) is 0 Å². The van der Waals surface area contributed by atoms with E-state index in [9.17, 15) is 5.11 Å². The summed E-state index contributed by atoms with van der Waals surface area (Å²) in [7, 11) is 0. The van der Waals surface area contributed by atoms with Crippen molar-refractivity contribution >= 4 is 0 Å². The lowest BCUT2D eigenvalue weighted by atomic mass is 10.1. The first-order chi connectivity index (χ1) is 7.24. The molecular weight excluding hydrogens is 192 g/mol. The molecule has 1 fully saturated rings. The molecule has 0 bridgehead atoms. The van der Waals surface area contributed by atoms with Gasteiger partial charge in [0.15, 0.2) is 6.29 Å². The molecule has 0 aromatic carbocycles. The molecule has 0 spiro atoms. The minimum absolute atomic E-state index is 0.0436. The molecule has 0 aliphatic carbocycles. The molecular formula is C12H20O3.